The summed E-state index contributed by atoms with van der Waals surface area (Å²) in [4.78, 5) is 0.382. The number of halogens is 3. The molecule has 19 heavy (non-hydrogen) atoms. The number of nitrogens with two attached hydrogens (primary N) is 1. The maximum Gasteiger partial charge on any atom is 0.411 e. The number of hydrogen-bond donors (Lipinski definition) is 1. The zero-order chi connectivity index (χ0) is 14.5. The zero-order valence-corrected chi connectivity index (χ0v) is 11.0. The summed E-state index contributed by atoms with van der Waals surface area (Å²) in [5, 5.41) is 0. The lowest BCUT2D eigenvalue weighted by Gasteiger charge is -2.10. The molecule has 0 aliphatic heterocycles. The molecule has 0 aliphatic rings. The standard InChI is InChI=1S/C11H14F3NO3S/c1-17-9-6-8(15)2-3-10(9)19(16)5-4-18-7-11(12,13)14/h2-3,6H,4-5,7,15H2,1H3. The second-order valence-electron chi connectivity index (χ2n) is 3.63. The maximum atomic E-state index is 11.9. The minimum Gasteiger partial charge on any atom is -0.495 e. The summed E-state index contributed by atoms with van der Waals surface area (Å²) in [6.45, 7) is -1.59. The number of benzene rings is 1. The lowest BCUT2D eigenvalue weighted by molar-refractivity contribution is -0.172. The normalized spacial score (nSPS) is 13.3. The average molecular weight is 297 g/mol. The first-order valence-electron chi connectivity index (χ1n) is 5.30. The number of rotatable bonds is 6. The molecule has 1 rings (SSSR count). The number of anilines is 1. The van der Waals surface area contributed by atoms with E-state index in [9.17, 15) is 17.4 Å². The molecule has 0 amide bonds. The SMILES string of the molecule is COc1cc(N)ccc1S(=O)CCOCC(F)(F)F. The van der Waals surface area contributed by atoms with Gasteiger partial charge in [-0.05, 0) is 12.1 Å². The maximum absolute atomic E-state index is 11.9. The van der Waals surface area contributed by atoms with Gasteiger partial charge in [-0.3, -0.25) is 4.21 Å². The summed E-state index contributed by atoms with van der Waals surface area (Å²) in [5.74, 6) is 0.297. The van der Waals surface area contributed by atoms with Crippen molar-refractivity contribution in [3.05, 3.63) is 18.2 Å². The predicted molar refractivity (Wildman–Crippen MR) is 65.6 cm³/mol. The van der Waals surface area contributed by atoms with Crippen molar-refractivity contribution >= 4 is 16.5 Å². The molecule has 2 N–H and O–H groups in total. The molecule has 0 heterocycles. The third-order valence-electron chi connectivity index (χ3n) is 2.11. The first-order chi connectivity index (χ1) is 8.83. The van der Waals surface area contributed by atoms with E-state index in [1.165, 1.54) is 19.2 Å². The van der Waals surface area contributed by atoms with Gasteiger partial charge in [-0.25, -0.2) is 0 Å². The minimum atomic E-state index is -4.37. The van der Waals surface area contributed by atoms with E-state index in [2.05, 4.69) is 4.74 Å². The fourth-order valence-corrected chi connectivity index (χ4v) is 2.38. The van der Waals surface area contributed by atoms with Crippen LogP contribution in [0.2, 0.25) is 0 Å². The highest BCUT2D eigenvalue weighted by Crippen LogP contribution is 2.24. The Morgan fingerprint density at radius 2 is 2.05 bits per heavy atom. The van der Waals surface area contributed by atoms with Crippen LogP contribution in [0.15, 0.2) is 23.1 Å². The molecule has 0 fully saturated rings. The molecule has 108 valence electrons. The van der Waals surface area contributed by atoms with Crippen LogP contribution >= 0.6 is 0 Å². The van der Waals surface area contributed by atoms with Crippen molar-refractivity contribution in [1.29, 1.82) is 0 Å². The van der Waals surface area contributed by atoms with Crippen molar-refractivity contribution in [3.63, 3.8) is 0 Å². The summed E-state index contributed by atoms with van der Waals surface area (Å²) >= 11 is 0. The Labute approximate surface area is 111 Å². The monoisotopic (exact) mass is 297 g/mol. The van der Waals surface area contributed by atoms with Gasteiger partial charge in [-0.1, -0.05) is 0 Å². The highest BCUT2D eigenvalue weighted by Gasteiger charge is 2.27. The summed E-state index contributed by atoms with van der Waals surface area (Å²) in [5.41, 5.74) is 5.99. The van der Waals surface area contributed by atoms with Crippen molar-refractivity contribution in [2.75, 3.05) is 31.8 Å². The van der Waals surface area contributed by atoms with Gasteiger partial charge in [0.25, 0.3) is 0 Å². The highest BCUT2D eigenvalue weighted by molar-refractivity contribution is 7.85. The van der Waals surface area contributed by atoms with E-state index in [-0.39, 0.29) is 12.4 Å². The van der Waals surface area contributed by atoms with Gasteiger partial charge in [0.05, 0.1) is 35.2 Å². The lowest BCUT2D eigenvalue weighted by Crippen LogP contribution is -2.19. The molecule has 0 radical (unpaired) electrons. The van der Waals surface area contributed by atoms with Gasteiger partial charge in [-0.15, -0.1) is 0 Å². The van der Waals surface area contributed by atoms with Gasteiger partial charge < -0.3 is 15.2 Å². The van der Waals surface area contributed by atoms with Crippen LogP contribution in [0, 0.1) is 0 Å². The van der Waals surface area contributed by atoms with Gasteiger partial charge in [0.15, 0.2) is 0 Å². The third kappa shape index (κ3) is 5.48. The van der Waals surface area contributed by atoms with Crippen LogP contribution in [0.25, 0.3) is 0 Å². The Hall–Kier alpha value is -1.28. The predicted octanol–water partition coefficient (Wildman–Crippen LogP) is 1.96. The van der Waals surface area contributed by atoms with Crippen molar-refractivity contribution in [2.45, 2.75) is 11.1 Å². The Balaban J connectivity index is 2.54. The van der Waals surface area contributed by atoms with Gasteiger partial charge in [0, 0.05) is 11.8 Å². The number of methoxy groups -OCH3 is 1. The largest absolute Gasteiger partial charge is 0.495 e. The van der Waals surface area contributed by atoms with Crippen LogP contribution in [0.1, 0.15) is 0 Å². The van der Waals surface area contributed by atoms with Crippen LogP contribution in [0.5, 0.6) is 5.75 Å². The highest BCUT2D eigenvalue weighted by atomic mass is 32.2. The first kappa shape index (κ1) is 15.8. The molecule has 1 unspecified atom stereocenters. The molecular formula is C11H14F3NO3S. The molecule has 1 aromatic carbocycles. The molecule has 4 nitrogen and oxygen atoms in total. The quantitative estimate of drug-likeness (QED) is 0.644. The molecule has 1 aromatic rings. The van der Waals surface area contributed by atoms with Crippen LogP contribution in [-0.2, 0) is 15.5 Å². The number of hydrogen-bond acceptors (Lipinski definition) is 4. The Morgan fingerprint density at radius 1 is 1.37 bits per heavy atom. The molecule has 8 heteroatoms. The fraction of sp³-hybridized carbons (Fsp3) is 0.455. The van der Waals surface area contributed by atoms with Crippen LogP contribution < -0.4 is 10.5 Å². The Morgan fingerprint density at radius 3 is 2.63 bits per heavy atom. The Bertz CT molecular complexity index is 451. The van der Waals surface area contributed by atoms with Gasteiger partial charge in [0.2, 0.25) is 0 Å². The summed E-state index contributed by atoms with van der Waals surface area (Å²) < 4.78 is 56.8. The van der Waals surface area contributed by atoms with Gasteiger partial charge in [0.1, 0.15) is 12.4 Å². The van der Waals surface area contributed by atoms with Crippen molar-refractivity contribution in [3.8, 4) is 5.75 Å². The van der Waals surface area contributed by atoms with Crippen LogP contribution in [0.3, 0.4) is 0 Å². The van der Waals surface area contributed by atoms with Crippen molar-refractivity contribution in [2.24, 2.45) is 0 Å². The number of ether oxygens (including phenoxy) is 2. The van der Waals surface area contributed by atoms with Gasteiger partial charge in [-0.2, -0.15) is 13.2 Å². The molecule has 0 spiro atoms. The second-order valence-corrected chi connectivity index (χ2v) is 5.17. The minimum absolute atomic E-state index is 0.0453. The molecule has 1 atom stereocenters. The van der Waals surface area contributed by atoms with Crippen molar-refractivity contribution < 1.29 is 26.9 Å². The third-order valence-corrected chi connectivity index (χ3v) is 3.48. The number of nitrogen functional groups attached to an aromatic ring is 1. The van der Waals surface area contributed by atoms with E-state index in [0.29, 0.717) is 16.3 Å². The van der Waals surface area contributed by atoms with E-state index in [1.807, 2.05) is 0 Å². The summed E-state index contributed by atoms with van der Waals surface area (Å²) in [6, 6.07) is 4.57. The van der Waals surface area contributed by atoms with E-state index < -0.39 is 23.6 Å². The average Bonchev–Trinajstić information content (AvgIpc) is 2.33. The summed E-state index contributed by atoms with van der Waals surface area (Å²) in [7, 11) is -0.106. The van der Waals surface area contributed by atoms with Crippen LogP contribution in [0.4, 0.5) is 18.9 Å². The fourth-order valence-electron chi connectivity index (χ4n) is 1.30. The van der Waals surface area contributed by atoms with E-state index in [1.54, 1.807) is 6.07 Å². The topological polar surface area (TPSA) is 61.5 Å². The van der Waals surface area contributed by atoms with E-state index in [4.69, 9.17) is 10.5 Å². The molecule has 0 saturated carbocycles. The zero-order valence-electron chi connectivity index (χ0n) is 10.2. The molecule has 0 aromatic heterocycles. The molecule has 0 bridgehead atoms. The smallest absolute Gasteiger partial charge is 0.411 e. The van der Waals surface area contributed by atoms with Crippen molar-refractivity contribution in [1.82, 2.24) is 0 Å². The van der Waals surface area contributed by atoms with Gasteiger partial charge >= 0.3 is 6.18 Å². The molecule has 0 aliphatic carbocycles. The summed E-state index contributed by atoms with van der Waals surface area (Å²) in [6.07, 6.45) is -4.37. The Kier molecular flexibility index (Phi) is 5.61. The lowest BCUT2D eigenvalue weighted by atomic mass is 10.3. The van der Waals surface area contributed by atoms with Crippen LogP contribution in [-0.4, -0.2) is 36.5 Å². The van der Waals surface area contributed by atoms with E-state index >= 15 is 0 Å². The van der Waals surface area contributed by atoms with E-state index in [0.717, 1.165) is 0 Å². The molecular weight excluding hydrogens is 283 g/mol. The number of alkyl halides is 3. The molecule has 0 saturated heterocycles. The second kappa shape index (κ2) is 6.76. The first-order valence-corrected chi connectivity index (χ1v) is 6.62.